The van der Waals surface area contributed by atoms with Gasteiger partial charge >= 0.3 is 12.1 Å². The predicted molar refractivity (Wildman–Crippen MR) is 105 cm³/mol. The van der Waals surface area contributed by atoms with Gasteiger partial charge in [0.05, 0.1) is 0 Å². The van der Waals surface area contributed by atoms with Crippen LogP contribution in [0.25, 0.3) is 11.1 Å². The van der Waals surface area contributed by atoms with E-state index >= 15 is 0 Å². The third kappa shape index (κ3) is 4.23. The van der Waals surface area contributed by atoms with E-state index in [4.69, 9.17) is 4.74 Å². The zero-order valence-corrected chi connectivity index (χ0v) is 16.7. The molecule has 170 valence electrons. The minimum Gasteiger partial charge on any atom is -0.445 e. The maximum Gasteiger partial charge on any atom is 0.407 e. The van der Waals surface area contributed by atoms with Crippen LogP contribution in [0, 0.1) is 29.1 Å². The number of hydrogen-bond acceptors (Lipinski definition) is 4. The number of carbonyl (C=O) groups is 2. The minimum absolute atomic E-state index is 0.115. The number of esters is 1. The molecule has 33 heavy (non-hydrogen) atoms. The fourth-order valence-corrected chi connectivity index (χ4v) is 3.52. The van der Waals surface area contributed by atoms with E-state index in [-0.39, 0.29) is 6.61 Å². The van der Waals surface area contributed by atoms with E-state index < -0.39 is 53.4 Å². The maximum absolute atomic E-state index is 13.6. The molecule has 10 heteroatoms. The predicted octanol–water partition coefficient (Wildman–Crippen LogP) is 4.79. The Hall–Kier alpha value is -3.95. The van der Waals surface area contributed by atoms with Crippen molar-refractivity contribution in [2.24, 2.45) is 0 Å². The van der Waals surface area contributed by atoms with Gasteiger partial charge in [-0.05, 0) is 34.2 Å². The van der Waals surface area contributed by atoms with Gasteiger partial charge in [0.1, 0.15) is 13.2 Å². The summed E-state index contributed by atoms with van der Waals surface area (Å²) in [5.41, 5.74) is 5.01. The summed E-state index contributed by atoms with van der Waals surface area (Å²) in [4.78, 5) is 23.6. The van der Waals surface area contributed by atoms with E-state index in [1.54, 1.807) is 6.07 Å². The molecule has 1 N–H and O–H groups in total. The monoisotopic (exact) mass is 463 g/mol. The van der Waals surface area contributed by atoms with Crippen molar-refractivity contribution in [2.75, 3.05) is 6.54 Å². The van der Waals surface area contributed by atoms with Crippen LogP contribution in [0.15, 0.2) is 42.5 Å². The number of benzene rings is 3. The average molecular weight is 463 g/mol. The van der Waals surface area contributed by atoms with Crippen LogP contribution < -0.4 is 10.1 Å². The highest BCUT2D eigenvalue weighted by Crippen LogP contribution is 2.38. The zero-order valence-electron chi connectivity index (χ0n) is 16.7. The van der Waals surface area contributed by atoms with Gasteiger partial charge in [0.15, 0.2) is 0 Å². The number of halogens is 5. The lowest BCUT2D eigenvalue weighted by atomic mass is 10.0. The first kappa shape index (κ1) is 22.3. The van der Waals surface area contributed by atoms with E-state index in [2.05, 4.69) is 4.74 Å². The number of nitrogens with one attached hydrogen (secondary N) is 1. The molecule has 0 fully saturated rings. The molecular formula is C23H14F5NO4. The normalized spacial score (nSPS) is 11.5. The SMILES string of the molecule is O=C(CNC(=O)OCc1cccc2c1Cc1ccccc1-2)Oc1c(F)c(F)c(F)c(F)c1F. The number of carbonyl (C=O) groups excluding carboxylic acids is 2. The van der Waals surface area contributed by atoms with Gasteiger partial charge in [-0.15, -0.1) is 0 Å². The highest BCUT2D eigenvalue weighted by molar-refractivity contribution is 5.80. The Bertz CT molecular complexity index is 1250. The summed E-state index contributed by atoms with van der Waals surface area (Å²) in [6.45, 7) is -1.05. The summed E-state index contributed by atoms with van der Waals surface area (Å²) < 4.78 is 75.8. The summed E-state index contributed by atoms with van der Waals surface area (Å²) in [5.74, 6) is -14.7. The number of alkyl carbamates (subject to hydrolysis) is 1. The molecule has 0 saturated carbocycles. The molecule has 0 spiro atoms. The Morgan fingerprint density at radius 2 is 1.45 bits per heavy atom. The lowest BCUT2D eigenvalue weighted by molar-refractivity contribution is -0.133. The number of hydrogen-bond donors (Lipinski definition) is 1. The lowest BCUT2D eigenvalue weighted by Crippen LogP contribution is -2.32. The molecule has 1 amide bonds. The van der Waals surface area contributed by atoms with Crippen LogP contribution >= 0.6 is 0 Å². The van der Waals surface area contributed by atoms with Crippen LogP contribution in [0.1, 0.15) is 16.7 Å². The largest absolute Gasteiger partial charge is 0.445 e. The zero-order chi connectivity index (χ0) is 23.7. The molecule has 1 aliphatic rings. The third-order valence-corrected chi connectivity index (χ3v) is 5.07. The second-order valence-electron chi connectivity index (χ2n) is 7.08. The second-order valence-corrected chi connectivity index (χ2v) is 7.08. The number of amides is 1. The minimum atomic E-state index is -2.39. The molecular weight excluding hydrogens is 449 g/mol. The van der Waals surface area contributed by atoms with Crippen LogP contribution in [0.5, 0.6) is 5.75 Å². The molecule has 0 aromatic heterocycles. The van der Waals surface area contributed by atoms with Gasteiger partial charge < -0.3 is 14.8 Å². The molecule has 0 atom stereocenters. The maximum atomic E-state index is 13.6. The van der Waals surface area contributed by atoms with Crippen LogP contribution in [-0.4, -0.2) is 18.6 Å². The molecule has 1 aliphatic carbocycles. The molecule has 3 aromatic rings. The fraction of sp³-hybridized carbons (Fsp3) is 0.130. The number of ether oxygens (including phenoxy) is 2. The smallest absolute Gasteiger partial charge is 0.407 e. The van der Waals surface area contributed by atoms with E-state index in [0.29, 0.717) is 6.42 Å². The van der Waals surface area contributed by atoms with Crippen molar-refractivity contribution in [3.05, 3.63) is 88.2 Å². The number of rotatable bonds is 5. The Morgan fingerprint density at radius 3 is 2.18 bits per heavy atom. The van der Waals surface area contributed by atoms with Gasteiger partial charge in [-0.1, -0.05) is 42.5 Å². The Morgan fingerprint density at radius 1 is 0.818 bits per heavy atom. The van der Waals surface area contributed by atoms with Crippen molar-refractivity contribution < 1.29 is 41.0 Å². The van der Waals surface area contributed by atoms with Crippen LogP contribution in [0.3, 0.4) is 0 Å². The fourth-order valence-electron chi connectivity index (χ4n) is 3.52. The highest BCUT2D eigenvalue weighted by Gasteiger charge is 2.28. The van der Waals surface area contributed by atoms with Crippen molar-refractivity contribution in [1.82, 2.24) is 5.32 Å². The molecule has 0 radical (unpaired) electrons. The molecule has 0 heterocycles. The second kappa shape index (κ2) is 8.89. The van der Waals surface area contributed by atoms with Gasteiger partial charge in [0, 0.05) is 0 Å². The standard InChI is InChI=1S/C23H14F5NO4/c24-17-18(25)20(27)22(21(28)19(17)26)33-16(30)9-29-23(31)32-10-12-5-3-7-14-13-6-2-1-4-11(13)8-15(12)14/h1-7H,8-10H2,(H,29,31). The van der Waals surface area contributed by atoms with Gasteiger partial charge in [-0.3, -0.25) is 0 Å². The lowest BCUT2D eigenvalue weighted by Gasteiger charge is -2.11. The average Bonchev–Trinajstić information content (AvgIpc) is 3.21. The first-order valence-corrected chi connectivity index (χ1v) is 9.59. The molecule has 0 aliphatic heterocycles. The van der Waals surface area contributed by atoms with Crippen molar-refractivity contribution in [2.45, 2.75) is 13.0 Å². The molecule has 0 unspecified atom stereocenters. The highest BCUT2D eigenvalue weighted by atomic mass is 19.2. The molecule has 4 rings (SSSR count). The first-order valence-electron chi connectivity index (χ1n) is 9.59. The van der Waals surface area contributed by atoms with Gasteiger partial charge in [-0.25, -0.2) is 22.8 Å². The summed E-state index contributed by atoms with van der Waals surface area (Å²) in [7, 11) is 0. The molecule has 5 nitrogen and oxygen atoms in total. The molecule has 0 bridgehead atoms. The van der Waals surface area contributed by atoms with Crippen LogP contribution in [0.4, 0.5) is 26.7 Å². The first-order chi connectivity index (χ1) is 15.8. The van der Waals surface area contributed by atoms with E-state index in [1.165, 1.54) is 0 Å². The van der Waals surface area contributed by atoms with Crippen molar-refractivity contribution >= 4 is 12.1 Å². The van der Waals surface area contributed by atoms with E-state index in [9.17, 15) is 31.5 Å². The van der Waals surface area contributed by atoms with Crippen molar-refractivity contribution in [1.29, 1.82) is 0 Å². The van der Waals surface area contributed by atoms with Gasteiger partial charge in [-0.2, -0.15) is 8.78 Å². The Labute approximate surface area is 183 Å². The summed E-state index contributed by atoms with van der Waals surface area (Å²) in [5, 5.41) is 2.00. The Kier molecular flexibility index (Phi) is 5.99. The molecule has 3 aromatic carbocycles. The quantitative estimate of drug-likeness (QED) is 0.152. The third-order valence-electron chi connectivity index (χ3n) is 5.07. The van der Waals surface area contributed by atoms with Crippen LogP contribution in [-0.2, 0) is 22.6 Å². The summed E-state index contributed by atoms with van der Waals surface area (Å²) in [6.07, 6.45) is -0.376. The topological polar surface area (TPSA) is 64.6 Å². The van der Waals surface area contributed by atoms with Crippen molar-refractivity contribution in [3.63, 3.8) is 0 Å². The number of fused-ring (bicyclic) bond motifs is 3. The Balaban J connectivity index is 1.34. The van der Waals surface area contributed by atoms with E-state index in [1.807, 2.05) is 41.7 Å². The van der Waals surface area contributed by atoms with Gasteiger partial charge in [0.2, 0.25) is 34.8 Å². The van der Waals surface area contributed by atoms with Crippen LogP contribution in [0.2, 0.25) is 0 Å². The van der Waals surface area contributed by atoms with Crippen molar-refractivity contribution in [3.8, 4) is 16.9 Å². The van der Waals surface area contributed by atoms with E-state index in [0.717, 1.165) is 27.8 Å². The molecule has 0 saturated heterocycles. The summed E-state index contributed by atoms with van der Waals surface area (Å²) >= 11 is 0. The summed E-state index contributed by atoms with van der Waals surface area (Å²) in [6, 6.07) is 13.4. The van der Waals surface area contributed by atoms with Gasteiger partial charge in [0.25, 0.3) is 0 Å².